The van der Waals surface area contributed by atoms with E-state index in [1.807, 2.05) is 36.4 Å². The molecule has 6 nitrogen and oxygen atoms in total. The number of hydrogen-bond donors (Lipinski definition) is 1. The van der Waals surface area contributed by atoms with Gasteiger partial charge >= 0.3 is 0 Å². The second-order valence-electron chi connectivity index (χ2n) is 6.50. The highest BCUT2D eigenvalue weighted by Gasteiger charge is 2.15. The zero-order chi connectivity index (χ0) is 20.1. The van der Waals surface area contributed by atoms with E-state index in [0.29, 0.717) is 17.1 Å². The minimum absolute atomic E-state index is 0.161. The highest BCUT2D eigenvalue weighted by Crippen LogP contribution is 2.19. The molecule has 0 aliphatic heterocycles. The first-order valence-electron chi connectivity index (χ1n) is 9.17. The summed E-state index contributed by atoms with van der Waals surface area (Å²) in [5.74, 6) is 0.434. The average molecular weight is 377 g/mol. The summed E-state index contributed by atoms with van der Waals surface area (Å²) in [5, 5.41) is 7.06. The van der Waals surface area contributed by atoms with Gasteiger partial charge in [0.05, 0.1) is 5.69 Å². The number of amides is 1. The Bertz CT molecular complexity index is 1010. The lowest BCUT2D eigenvalue weighted by Gasteiger charge is -2.15. The number of aryl methyl sites for hydroxylation is 2. The Kier molecular flexibility index (Phi) is 5.89. The molecule has 1 aromatic heterocycles. The van der Waals surface area contributed by atoms with Crippen LogP contribution in [0.3, 0.4) is 0 Å². The van der Waals surface area contributed by atoms with Crippen LogP contribution in [0.25, 0.3) is 11.3 Å². The van der Waals surface area contributed by atoms with E-state index in [1.165, 1.54) is 16.3 Å². The molecule has 3 rings (SSSR count). The maximum Gasteiger partial charge on any atom is 0.266 e. The minimum Gasteiger partial charge on any atom is -0.481 e. The molecule has 0 aliphatic carbocycles. The summed E-state index contributed by atoms with van der Waals surface area (Å²) in [6.45, 7) is 3.80. The van der Waals surface area contributed by atoms with Crippen molar-refractivity contribution in [3.63, 3.8) is 0 Å². The first-order valence-corrected chi connectivity index (χ1v) is 9.17. The number of nitrogens with one attached hydrogen (secondary N) is 1. The van der Waals surface area contributed by atoms with Gasteiger partial charge in [0.2, 0.25) is 0 Å². The van der Waals surface area contributed by atoms with Crippen molar-refractivity contribution in [2.45, 2.75) is 26.4 Å². The summed E-state index contributed by atoms with van der Waals surface area (Å²) < 4.78 is 7.00. The van der Waals surface area contributed by atoms with Gasteiger partial charge in [-0.3, -0.25) is 9.59 Å². The van der Waals surface area contributed by atoms with Crippen molar-refractivity contribution in [2.24, 2.45) is 7.05 Å². The largest absolute Gasteiger partial charge is 0.481 e. The van der Waals surface area contributed by atoms with Crippen LogP contribution in [0.4, 0.5) is 5.69 Å². The third-order valence-corrected chi connectivity index (χ3v) is 4.42. The molecule has 3 aromatic rings. The average Bonchev–Trinajstić information content (AvgIpc) is 2.71. The molecule has 0 spiro atoms. The van der Waals surface area contributed by atoms with Gasteiger partial charge in [0.1, 0.15) is 5.75 Å². The van der Waals surface area contributed by atoms with Crippen LogP contribution in [0.1, 0.15) is 19.4 Å². The van der Waals surface area contributed by atoms with Crippen LogP contribution in [-0.2, 0) is 18.3 Å². The monoisotopic (exact) mass is 377 g/mol. The van der Waals surface area contributed by atoms with Crippen LogP contribution in [0.5, 0.6) is 5.75 Å². The van der Waals surface area contributed by atoms with E-state index in [2.05, 4.69) is 17.3 Å². The summed E-state index contributed by atoms with van der Waals surface area (Å²) in [4.78, 5) is 23.8. The molecule has 0 saturated heterocycles. The van der Waals surface area contributed by atoms with Gasteiger partial charge < -0.3 is 10.1 Å². The minimum atomic E-state index is -0.627. The SMILES string of the molecule is CCc1ccc(OC(C)C(=O)Nc2ccc(-c3ccc(=O)n(C)n3)cc2)cc1. The second kappa shape index (κ2) is 8.52. The van der Waals surface area contributed by atoms with E-state index < -0.39 is 6.10 Å². The zero-order valence-corrected chi connectivity index (χ0v) is 16.2. The number of anilines is 1. The molecular weight excluding hydrogens is 354 g/mol. The Morgan fingerprint density at radius 3 is 2.36 bits per heavy atom. The van der Waals surface area contributed by atoms with Crippen molar-refractivity contribution >= 4 is 11.6 Å². The number of aromatic nitrogens is 2. The maximum absolute atomic E-state index is 12.4. The third kappa shape index (κ3) is 4.65. The molecule has 144 valence electrons. The van der Waals surface area contributed by atoms with Crippen LogP contribution >= 0.6 is 0 Å². The molecule has 1 amide bonds. The zero-order valence-electron chi connectivity index (χ0n) is 16.2. The van der Waals surface area contributed by atoms with Crippen LogP contribution < -0.4 is 15.6 Å². The van der Waals surface area contributed by atoms with E-state index in [0.717, 1.165) is 12.0 Å². The van der Waals surface area contributed by atoms with E-state index in [-0.39, 0.29) is 11.5 Å². The molecule has 1 N–H and O–H groups in total. The van der Waals surface area contributed by atoms with Crippen molar-refractivity contribution in [3.8, 4) is 17.0 Å². The van der Waals surface area contributed by atoms with Gasteiger partial charge in [-0.05, 0) is 49.2 Å². The van der Waals surface area contributed by atoms with Gasteiger partial charge in [-0.25, -0.2) is 4.68 Å². The van der Waals surface area contributed by atoms with E-state index >= 15 is 0 Å². The molecule has 0 bridgehead atoms. The molecule has 1 heterocycles. The topological polar surface area (TPSA) is 73.2 Å². The summed E-state index contributed by atoms with van der Waals surface area (Å²) in [5.41, 5.74) is 3.26. The quantitative estimate of drug-likeness (QED) is 0.714. The van der Waals surface area contributed by atoms with Crippen molar-refractivity contribution in [2.75, 3.05) is 5.32 Å². The van der Waals surface area contributed by atoms with Gasteiger partial charge in [-0.15, -0.1) is 0 Å². The molecule has 1 unspecified atom stereocenters. The maximum atomic E-state index is 12.4. The van der Waals surface area contributed by atoms with Gasteiger partial charge in [0.15, 0.2) is 6.10 Å². The molecule has 2 aromatic carbocycles. The Morgan fingerprint density at radius 2 is 1.75 bits per heavy atom. The summed E-state index contributed by atoms with van der Waals surface area (Å²) in [7, 11) is 1.61. The first-order chi connectivity index (χ1) is 13.5. The van der Waals surface area contributed by atoms with Crippen LogP contribution in [0, 0.1) is 0 Å². The highest BCUT2D eigenvalue weighted by atomic mass is 16.5. The van der Waals surface area contributed by atoms with Crippen molar-refractivity contribution < 1.29 is 9.53 Å². The number of rotatable bonds is 6. The number of carbonyl (C=O) groups excluding carboxylic acids is 1. The van der Waals surface area contributed by atoms with E-state index in [4.69, 9.17) is 4.74 Å². The number of benzene rings is 2. The highest BCUT2D eigenvalue weighted by molar-refractivity contribution is 5.94. The predicted molar refractivity (Wildman–Crippen MR) is 109 cm³/mol. The fraction of sp³-hybridized carbons (Fsp3) is 0.227. The van der Waals surface area contributed by atoms with Crippen molar-refractivity contribution in [3.05, 3.63) is 76.6 Å². The molecule has 28 heavy (non-hydrogen) atoms. The molecule has 0 saturated carbocycles. The van der Waals surface area contributed by atoms with Crippen molar-refractivity contribution in [1.82, 2.24) is 9.78 Å². The standard InChI is InChI=1S/C22H23N3O3/c1-4-16-5-11-19(12-6-16)28-15(2)22(27)23-18-9-7-17(8-10-18)20-13-14-21(26)25(3)24-20/h5-15H,4H2,1-3H3,(H,23,27). The summed E-state index contributed by atoms with van der Waals surface area (Å²) in [6.07, 6.45) is 0.332. The summed E-state index contributed by atoms with van der Waals surface area (Å²) >= 11 is 0. The lowest BCUT2D eigenvalue weighted by atomic mass is 10.1. The molecule has 6 heteroatoms. The van der Waals surface area contributed by atoms with Crippen molar-refractivity contribution in [1.29, 1.82) is 0 Å². The first kappa shape index (κ1) is 19.4. The number of hydrogen-bond acceptors (Lipinski definition) is 4. The fourth-order valence-electron chi connectivity index (χ4n) is 2.69. The van der Waals surface area contributed by atoms with Gasteiger partial charge in [0.25, 0.3) is 11.5 Å². The number of ether oxygens (including phenoxy) is 1. The van der Waals surface area contributed by atoms with Gasteiger partial charge in [-0.1, -0.05) is 31.2 Å². The molecule has 1 atom stereocenters. The van der Waals surface area contributed by atoms with Gasteiger partial charge in [0, 0.05) is 24.4 Å². The molecule has 0 fully saturated rings. The van der Waals surface area contributed by atoms with Crippen LogP contribution in [0.15, 0.2) is 65.5 Å². The smallest absolute Gasteiger partial charge is 0.266 e. The van der Waals surface area contributed by atoms with Crippen LogP contribution in [-0.4, -0.2) is 21.8 Å². The lowest BCUT2D eigenvalue weighted by molar-refractivity contribution is -0.122. The molecular formula is C22H23N3O3. The predicted octanol–water partition coefficient (Wildman–Crippen LogP) is 3.42. The normalized spacial score (nSPS) is 11.7. The van der Waals surface area contributed by atoms with Gasteiger partial charge in [-0.2, -0.15) is 5.10 Å². The van der Waals surface area contributed by atoms with Crippen LogP contribution in [0.2, 0.25) is 0 Å². The fourth-order valence-corrected chi connectivity index (χ4v) is 2.69. The van der Waals surface area contributed by atoms with E-state index in [9.17, 15) is 9.59 Å². The third-order valence-electron chi connectivity index (χ3n) is 4.42. The Hall–Kier alpha value is -3.41. The number of nitrogens with zero attached hydrogens (tertiary/aromatic N) is 2. The Morgan fingerprint density at radius 1 is 1.07 bits per heavy atom. The number of carbonyl (C=O) groups is 1. The Labute approximate surface area is 163 Å². The second-order valence-corrected chi connectivity index (χ2v) is 6.50. The lowest BCUT2D eigenvalue weighted by Crippen LogP contribution is -2.30. The summed E-state index contributed by atoms with van der Waals surface area (Å²) in [6, 6.07) is 18.2. The molecule has 0 radical (unpaired) electrons. The molecule has 0 aliphatic rings. The van der Waals surface area contributed by atoms with E-state index in [1.54, 1.807) is 32.2 Å². The Balaban J connectivity index is 1.63.